The molecule has 8 heteroatoms. The van der Waals surface area contributed by atoms with Gasteiger partial charge in [-0.1, -0.05) is 25.7 Å². The van der Waals surface area contributed by atoms with Crippen molar-refractivity contribution in [3.8, 4) is 0 Å². The summed E-state index contributed by atoms with van der Waals surface area (Å²) in [5.74, 6) is 0.751. The molecule has 0 amide bonds. The molecule has 1 aliphatic heterocycles. The predicted octanol–water partition coefficient (Wildman–Crippen LogP) is 1.13. The lowest BCUT2D eigenvalue weighted by Crippen LogP contribution is -2.33. The van der Waals surface area contributed by atoms with E-state index in [1.165, 1.54) is 19.2 Å². The molecule has 7 N–H and O–H groups in total. The number of nitrogens with two attached hydrogens (primary N) is 2. The normalized spacial score (nSPS) is 14.6. The topological polar surface area (TPSA) is 131 Å². The molecule has 0 bridgehead atoms. The maximum Gasteiger partial charge on any atom is 0.193 e. The summed E-state index contributed by atoms with van der Waals surface area (Å²) in [6.07, 6.45) is 10.5. The van der Waals surface area contributed by atoms with Crippen molar-refractivity contribution in [1.29, 1.82) is 10.8 Å². The van der Waals surface area contributed by atoms with Gasteiger partial charge in [-0.25, -0.2) is 0 Å². The third kappa shape index (κ3) is 9.79. The second kappa shape index (κ2) is 13.3. The minimum absolute atomic E-state index is 0.0506. The Morgan fingerprint density at radius 3 is 2.12 bits per heavy atom. The van der Waals surface area contributed by atoms with Crippen LogP contribution in [-0.2, 0) is 0 Å². The van der Waals surface area contributed by atoms with Gasteiger partial charge in [-0.05, 0) is 25.7 Å². The van der Waals surface area contributed by atoms with Gasteiger partial charge < -0.3 is 26.6 Å². The molecule has 0 aliphatic carbocycles. The van der Waals surface area contributed by atoms with Gasteiger partial charge in [0.05, 0.1) is 6.34 Å². The molecule has 0 spiro atoms. The van der Waals surface area contributed by atoms with E-state index < -0.39 is 0 Å². The second-order valence-electron chi connectivity index (χ2n) is 6.52. The summed E-state index contributed by atoms with van der Waals surface area (Å²) in [6, 6.07) is 0. The molecule has 8 nitrogen and oxygen atoms in total. The van der Waals surface area contributed by atoms with Crippen LogP contribution in [0, 0.1) is 10.8 Å². The molecule has 0 aromatic carbocycles. The van der Waals surface area contributed by atoms with Gasteiger partial charge in [0.1, 0.15) is 0 Å². The summed E-state index contributed by atoms with van der Waals surface area (Å²) in [5.41, 5.74) is 10.5. The summed E-state index contributed by atoms with van der Waals surface area (Å²) in [4.78, 5) is 8.41. The van der Waals surface area contributed by atoms with Crippen LogP contribution >= 0.6 is 0 Å². The first kappa shape index (κ1) is 21.1. The van der Waals surface area contributed by atoms with Crippen molar-refractivity contribution in [3.05, 3.63) is 0 Å². The minimum Gasteiger partial charge on any atom is -0.390 e. The number of aliphatic imine (C=N–C) groups is 1. The highest BCUT2D eigenvalue weighted by Crippen LogP contribution is 2.12. The van der Waals surface area contributed by atoms with E-state index >= 15 is 0 Å². The fourth-order valence-corrected chi connectivity index (χ4v) is 3.03. The molecule has 144 valence electrons. The Morgan fingerprint density at radius 1 is 1.00 bits per heavy atom. The average molecular weight is 353 g/mol. The summed E-state index contributed by atoms with van der Waals surface area (Å²) in [5, 5.41) is 18.2. The zero-order valence-corrected chi connectivity index (χ0v) is 15.5. The van der Waals surface area contributed by atoms with E-state index in [1.54, 1.807) is 0 Å². The van der Waals surface area contributed by atoms with E-state index in [0.717, 1.165) is 77.8 Å². The number of nitrogens with one attached hydrogen (secondary N) is 3. The Hall–Kier alpha value is -1.99. The number of nitrogens with zero attached hydrogens (tertiary/aromatic N) is 3. The lowest BCUT2D eigenvalue weighted by Gasteiger charge is -2.21. The first-order chi connectivity index (χ1) is 12.1. The van der Waals surface area contributed by atoms with Gasteiger partial charge in [0, 0.05) is 39.3 Å². The molecule has 1 rings (SSSR count). The second-order valence-corrected chi connectivity index (χ2v) is 6.52. The molecule has 0 aromatic heterocycles. The van der Waals surface area contributed by atoms with Gasteiger partial charge in [0.15, 0.2) is 11.9 Å². The molecular formula is C17H36N8. The van der Waals surface area contributed by atoms with E-state index in [4.69, 9.17) is 22.3 Å². The molecule has 0 atom stereocenters. The number of rotatable bonds is 14. The van der Waals surface area contributed by atoms with Gasteiger partial charge in [-0.3, -0.25) is 15.8 Å². The Bertz CT molecular complexity index is 409. The van der Waals surface area contributed by atoms with Gasteiger partial charge in [-0.15, -0.1) is 0 Å². The molecule has 1 aliphatic rings. The van der Waals surface area contributed by atoms with Crippen LogP contribution in [0.3, 0.4) is 0 Å². The van der Waals surface area contributed by atoms with Gasteiger partial charge >= 0.3 is 0 Å². The molecule has 1 heterocycles. The van der Waals surface area contributed by atoms with Crippen molar-refractivity contribution in [2.24, 2.45) is 16.5 Å². The highest BCUT2D eigenvalue weighted by Gasteiger charge is 2.23. The number of unbranched alkanes of at least 4 members (excludes halogenated alkanes) is 6. The lowest BCUT2D eigenvalue weighted by molar-refractivity contribution is 0.430. The molecular weight excluding hydrogens is 316 g/mol. The van der Waals surface area contributed by atoms with E-state index in [9.17, 15) is 0 Å². The van der Waals surface area contributed by atoms with Gasteiger partial charge in [0.2, 0.25) is 0 Å². The first-order valence-electron chi connectivity index (χ1n) is 9.51. The largest absolute Gasteiger partial charge is 0.390 e. The van der Waals surface area contributed by atoms with E-state index in [0.29, 0.717) is 5.96 Å². The Balaban J connectivity index is 2.00. The van der Waals surface area contributed by atoms with Crippen LogP contribution in [0.4, 0.5) is 0 Å². The highest BCUT2D eigenvalue weighted by atomic mass is 15.4. The summed E-state index contributed by atoms with van der Waals surface area (Å²) >= 11 is 0. The number of guanidine groups is 2. The van der Waals surface area contributed by atoms with Crippen molar-refractivity contribution >= 4 is 18.3 Å². The molecule has 0 aromatic rings. The summed E-state index contributed by atoms with van der Waals surface area (Å²) < 4.78 is 0. The molecule has 0 radical (unpaired) electrons. The average Bonchev–Trinajstić information content (AvgIpc) is 2.93. The quantitative estimate of drug-likeness (QED) is 0.182. The van der Waals surface area contributed by atoms with Crippen LogP contribution < -0.4 is 16.8 Å². The van der Waals surface area contributed by atoms with Crippen molar-refractivity contribution in [2.75, 3.05) is 39.3 Å². The third-order valence-corrected chi connectivity index (χ3v) is 4.48. The van der Waals surface area contributed by atoms with Crippen LogP contribution in [0.2, 0.25) is 0 Å². The van der Waals surface area contributed by atoms with Crippen LogP contribution in [0.1, 0.15) is 51.4 Å². The van der Waals surface area contributed by atoms with Gasteiger partial charge in [-0.2, -0.15) is 0 Å². The smallest absolute Gasteiger partial charge is 0.193 e. The molecule has 25 heavy (non-hydrogen) atoms. The van der Waals surface area contributed by atoms with Crippen LogP contribution in [0.5, 0.6) is 0 Å². The van der Waals surface area contributed by atoms with Crippen molar-refractivity contribution in [2.45, 2.75) is 51.4 Å². The third-order valence-electron chi connectivity index (χ3n) is 4.48. The zero-order chi connectivity index (χ0) is 18.3. The first-order valence-corrected chi connectivity index (χ1v) is 9.51. The fraction of sp³-hybridized carbons (Fsp3) is 0.824. The van der Waals surface area contributed by atoms with Crippen molar-refractivity contribution in [3.63, 3.8) is 0 Å². The van der Waals surface area contributed by atoms with E-state index in [1.807, 2.05) is 0 Å². The van der Waals surface area contributed by atoms with E-state index in [-0.39, 0.29) is 5.96 Å². The van der Waals surface area contributed by atoms with Crippen molar-refractivity contribution < 1.29 is 0 Å². The van der Waals surface area contributed by atoms with Gasteiger partial charge in [0.25, 0.3) is 0 Å². The Labute approximate surface area is 152 Å². The summed E-state index contributed by atoms with van der Waals surface area (Å²) in [7, 11) is 0. The monoisotopic (exact) mass is 352 g/mol. The fourth-order valence-electron chi connectivity index (χ4n) is 3.03. The standard InChI is InChI=1S/C17H36N8/c18-15-22-9-5-1-3-7-11-24-13-14-25(17(24)21)12-8-4-2-6-10-23-16(19)20/h15,21H,1-14H2,(H2,18,22)(H4,19,20,23). The predicted molar refractivity (Wildman–Crippen MR) is 105 cm³/mol. The maximum atomic E-state index is 8.30. The van der Waals surface area contributed by atoms with E-state index in [2.05, 4.69) is 20.1 Å². The minimum atomic E-state index is 0.0506. The zero-order valence-electron chi connectivity index (χ0n) is 15.5. The molecule has 0 unspecified atom stereocenters. The SMILES string of the molecule is N=C(N)NCCCCCCN1CCN(CCCCCCN=CN)C1=N. The van der Waals surface area contributed by atoms with Crippen LogP contribution in [-0.4, -0.2) is 67.3 Å². The maximum absolute atomic E-state index is 8.30. The number of hydrogen-bond acceptors (Lipinski definition) is 3. The lowest BCUT2D eigenvalue weighted by atomic mass is 10.2. The van der Waals surface area contributed by atoms with Crippen LogP contribution in [0.25, 0.3) is 0 Å². The summed E-state index contributed by atoms with van der Waals surface area (Å²) in [6.45, 7) is 5.55. The Morgan fingerprint density at radius 2 is 1.56 bits per heavy atom. The van der Waals surface area contributed by atoms with Crippen LogP contribution in [0.15, 0.2) is 4.99 Å². The molecule has 0 saturated carbocycles. The highest BCUT2D eigenvalue weighted by molar-refractivity contribution is 5.78. The molecule has 1 fully saturated rings. The number of hydrogen-bond donors (Lipinski definition) is 5. The molecule has 1 saturated heterocycles. The van der Waals surface area contributed by atoms with Crippen molar-refractivity contribution in [1.82, 2.24) is 15.1 Å². The Kier molecular flexibility index (Phi) is 11.2.